The molecule has 0 saturated heterocycles. The van der Waals surface area contributed by atoms with E-state index in [9.17, 15) is 0 Å². The van der Waals surface area contributed by atoms with Crippen LogP contribution >= 0.6 is 0 Å². The summed E-state index contributed by atoms with van der Waals surface area (Å²) in [5.41, 5.74) is 9.94. The molecule has 0 unspecified atom stereocenters. The minimum absolute atomic E-state index is 0.0304. The van der Waals surface area contributed by atoms with Gasteiger partial charge in [0.25, 0.3) is 0 Å². The van der Waals surface area contributed by atoms with Crippen molar-refractivity contribution in [2.75, 3.05) is 4.90 Å². The van der Waals surface area contributed by atoms with Crippen molar-refractivity contribution in [3.8, 4) is 27.9 Å². The van der Waals surface area contributed by atoms with Crippen molar-refractivity contribution >= 4 is 71.6 Å². The fourth-order valence-electron chi connectivity index (χ4n) is 9.25. The fourth-order valence-corrected chi connectivity index (χ4v) is 9.25. The molecule has 3 nitrogen and oxygen atoms in total. The molecule has 0 fully saturated rings. The Balaban J connectivity index is 1.06. The van der Waals surface area contributed by atoms with Crippen LogP contribution in [0.3, 0.4) is 0 Å². The lowest BCUT2D eigenvalue weighted by Gasteiger charge is -2.27. The van der Waals surface area contributed by atoms with E-state index >= 15 is 0 Å². The van der Waals surface area contributed by atoms with Crippen molar-refractivity contribution in [3.05, 3.63) is 205 Å². The molecule has 2 heterocycles. The Hall–Kier alpha value is -7.36. The summed E-state index contributed by atoms with van der Waals surface area (Å²) in [6, 6.07) is 39.9. The molecular weight excluding hydrogens is 705 g/mol. The molecule has 11 aromatic rings. The minimum Gasteiger partial charge on any atom is -0.456 e. The van der Waals surface area contributed by atoms with Gasteiger partial charge in [-0.15, -0.1) is 0 Å². The van der Waals surface area contributed by atoms with E-state index in [-0.39, 0.29) is 41.0 Å². The molecular formula is C55H38N2O. The topological polar surface area (TPSA) is 21.3 Å². The molecule has 0 spiro atoms. The molecule has 0 saturated carbocycles. The van der Waals surface area contributed by atoms with Gasteiger partial charge in [-0.3, -0.25) is 0 Å². The summed E-state index contributed by atoms with van der Waals surface area (Å²) in [5, 5.41) is 5.36. The number of benzene rings is 9. The molecule has 9 aromatic carbocycles. The van der Waals surface area contributed by atoms with Crippen molar-refractivity contribution < 1.29 is 18.1 Å². The van der Waals surface area contributed by atoms with Gasteiger partial charge in [-0.25, -0.2) is 0 Å². The summed E-state index contributed by atoms with van der Waals surface area (Å²) < 4.78 is 95.5. The summed E-state index contributed by atoms with van der Waals surface area (Å²) in [4.78, 5) is 1.74. The average molecular weight is 753 g/mol. The first-order valence-electron chi connectivity index (χ1n) is 24.3. The number of aromatic nitrogens is 1. The number of hydrogen-bond acceptors (Lipinski definition) is 2. The number of furan rings is 1. The summed E-state index contributed by atoms with van der Waals surface area (Å²) in [5.74, 6) is 0. The second-order valence-corrected chi connectivity index (χ2v) is 15.4. The van der Waals surface area contributed by atoms with E-state index in [1.165, 1.54) is 5.56 Å². The third kappa shape index (κ3) is 4.80. The van der Waals surface area contributed by atoms with E-state index in [1.807, 2.05) is 109 Å². The van der Waals surface area contributed by atoms with Crippen molar-refractivity contribution in [1.29, 1.82) is 0 Å². The lowest BCUT2D eigenvalue weighted by molar-refractivity contribution is 0.660. The maximum Gasteiger partial charge on any atom is 0.136 e. The van der Waals surface area contributed by atoms with E-state index in [4.69, 9.17) is 18.1 Å². The van der Waals surface area contributed by atoms with E-state index in [0.29, 0.717) is 22.4 Å². The van der Waals surface area contributed by atoms with Crippen molar-refractivity contribution in [2.45, 2.75) is 19.3 Å². The van der Waals surface area contributed by atoms with Gasteiger partial charge in [0.1, 0.15) is 11.2 Å². The van der Waals surface area contributed by atoms with Crippen LogP contribution in [0.5, 0.6) is 0 Å². The second-order valence-electron chi connectivity index (χ2n) is 15.4. The largest absolute Gasteiger partial charge is 0.456 e. The maximum atomic E-state index is 9.09. The minimum atomic E-state index is -0.470. The van der Waals surface area contributed by atoms with Gasteiger partial charge in [0.2, 0.25) is 0 Å². The van der Waals surface area contributed by atoms with Gasteiger partial charge in [0.15, 0.2) is 0 Å². The van der Waals surface area contributed by atoms with E-state index in [0.717, 1.165) is 71.3 Å². The zero-order chi connectivity index (χ0) is 47.2. The lowest BCUT2D eigenvalue weighted by Crippen LogP contribution is -2.15. The average Bonchev–Trinajstić information content (AvgIpc) is 3.97. The van der Waals surface area contributed by atoms with Crippen molar-refractivity contribution in [3.63, 3.8) is 0 Å². The number of nitrogens with zero attached hydrogens (tertiary/aromatic N) is 2. The van der Waals surface area contributed by atoms with Gasteiger partial charge >= 0.3 is 0 Å². The highest BCUT2D eigenvalue weighted by Crippen LogP contribution is 2.51. The number of fused-ring (bicyclic) bond motifs is 11. The first-order valence-corrected chi connectivity index (χ1v) is 19.3. The van der Waals surface area contributed by atoms with E-state index in [1.54, 1.807) is 9.47 Å². The number of anilines is 3. The third-order valence-electron chi connectivity index (χ3n) is 11.9. The highest BCUT2D eigenvalue weighted by molar-refractivity contribution is 6.23. The molecule has 58 heavy (non-hydrogen) atoms. The van der Waals surface area contributed by atoms with Gasteiger partial charge in [0.05, 0.1) is 24.7 Å². The highest BCUT2D eigenvalue weighted by atomic mass is 16.3. The Kier molecular flexibility index (Phi) is 5.16. The summed E-state index contributed by atoms with van der Waals surface area (Å²) in [6.45, 7) is 4.38. The van der Waals surface area contributed by atoms with Crippen LogP contribution < -0.4 is 4.90 Å². The molecule has 0 atom stereocenters. The Bertz CT molecular complexity index is 3960. The number of para-hydroxylation sites is 3. The smallest absolute Gasteiger partial charge is 0.136 e. The molecule has 12 rings (SSSR count). The normalized spacial score (nSPS) is 15.6. The van der Waals surface area contributed by atoms with Crippen LogP contribution in [0.1, 0.15) is 38.7 Å². The summed E-state index contributed by atoms with van der Waals surface area (Å²) in [7, 11) is 0. The quantitative estimate of drug-likeness (QED) is 0.175. The molecule has 0 radical (unpaired) electrons. The fraction of sp³-hybridized carbons (Fsp3) is 0.0545. The van der Waals surface area contributed by atoms with Crippen molar-refractivity contribution in [1.82, 2.24) is 4.57 Å². The second kappa shape index (κ2) is 12.3. The van der Waals surface area contributed by atoms with Crippen LogP contribution in [0.25, 0.3) is 82.5 Å². The Morgan fingerprint density at radius 3 is 2.05 bits per heavy atom. The maximum absolute atomic E-state index is 9.09. The van der Waals surface area contributed by atoms with E-state index < -0.39 is 36.3 Å². The van der Waals surface area contributed by atoms with Crippen LogP contribution in [0, 0.1) is 0 Å². The van der Waals surface area contributed by atoms with E-state index in [2.05, 4.69) is 38.1 Å². The predicted molar refractivity (Wildman–Crippen MR) is 243 cm³/mol. The zero-order valence-corrected chi connectivity index (χ0v) is 31.5. The molecule has 0 aliphatic heterocycles. The molecule has 1 aliphatic carbocycles. The van der Waals surface area contributed by atoms with Gasteiger partial charge in [-0.1, -0.05) is 123 Å². The summed E-state index contributed by atoms with van der Waals surface area (Å²) in [6.07, 6.45) is 0. The third-order valence-corrected chi connectivity index (χ3v) is 11.9. The van der Waals surface area contributed by atoms with Crippen LogP contribution in [-0.4, -0.2) is 4.57 Å². The first-order chi connectivity index (χ1) is 32.6. The predicted octanol–water partition coefficient (Wildman–Crippen LogP) is 15.3. The monoisotopic (exact) mass is 752 g/mol. The van der Waals surface area contributed by atoms with Gasteiger partial charge in [0, 0.05) is 49.7 Å². The molecule has 274 valence electrons. The molecule has 1 aliphatic rings. The van der Waals surface area contributed by atoms with Crippen LogP contribution in [0.2, 0.25) is 0 Å². The van der Waals surface area contributed by atoms with Gasteiger partial charge in [-0.05, 0) is 129 Å². The molecule has 0 N–H and O–H groups in total. The molecule has 3 heteroatoms. The molecule has 0 bridgehead atoms. The van der Waals surface area contributed by atoms with Gasteiger partial charge in [-0.2, -0.15) is 0 Å². The molecule has 0 amide bonds. The Labute approximate surface area is 350 Å². The number of hydrogen-bond donors (Lipinski definition) is 0. The van der Waals surface area contributed by atoms with Crippen LogP contribution in [-0.2, 0) is 5.41 Å². The highest BCUT2D eigenvalue weighted by Gasteiger charge is 2.35. The Morgan fingerprint density at radius 1 is 0.500 bits per heavy atom. The Morgan fingerprint density at radius 2 is 1.21 bits per heavy atom. The number of rotatable bonds is 5. The lowest BCUT2D eigenvalue weighted by atomic mass is 9.82. The standard InChI is InChI=1S/C55H38N2O/c1-55(2)48-19-11-9-17-42(48)45-33-41(27-28-49(45)55)56(38-13-5-3-6-14-38)40-25-21-35(22-26-40)36-23-29-50-46(31-36)47-34-44-37(32-51(47)57(50)39-15-7-4-8-16-39)24-30-53-54(44)43-18-10-12-20-52(43)58-53/h3-34H,1-2H3/i3D,4D,5D,6D,7D,8D,13D,14D,15D,16D. The van der Waals surface area contributed by atoms with Gasteiger partial charge < -0.3 is 13.9 Å². The van der Waals surface area contributed by atoms with Crippen molar-refractivity contribution in [2.24, 2.45) is 0 Å². The SMILES string of the molecule is [2H]c1c([2H])c([2H])c(N(c2ccc(-c3ccc4c(c3)c3cc5c(ccc6oc7ccccc7c65)cc3n4-c3c([2H])c([2H])c([2H])c([2H])c3[2H])cc2)c2ccc3c(c2)-c2ccccc2C3(C)C)c([2H])c1[2H]. The van der Waals surface area contributed by atoms with Crippen LogP contribution in [0.4, 0.5) is 17.1 Å². The first kappa shape index (κ1) is 24.3. The molecule has 2 aromatic heterocycles. The summed E-state index contributed by atoms with van der Waals surface area (Å²) >= 11 is 0. The van der Waals surface area contributed by atoms with Crippen LogP contribution in [0.15, 0.2) is 198 Å². The zero-order valence-electron chi connectivity index (χ0n) is 41.5.